The van der Waals surface area contributed by atoms with Crippen LogP contribution in [0.5, 0.6) is 0 Å². The van der Waals surface area contributed by atoms with Gasteiger partial charge in [-0.2, -0.15) is 5.10 Å². The average molecular weight is 305 g/mol. The highest BCUT2D eigenvalue weighted by Gasteiger charge is 2.59. The van der Waals surface area contributed by atoms with Crippen LogP contribution in [0.25, 0.3) is 0 Å². The van der Waals surface area contributed by atoms with Crippen LogP contribution in [0, 0.1) is 11.2 Å². The lowest BCUT2D eigenvalue weighted by molar-refractivity contribution is -0.134. The first-order valence-electron chi connectivity index (χ1n) is 6.52. The van der Waals surface area contributed by atoms with E-state index in [1.54, 1.807) is 0 Å². The van der Waals surface area contributed by atoms with Crippen molar-refractivity contribution in [1.29, 1.82) is 0 Å². The minimum Gasteiger partial charge on any atom is -0.464 e. The number of nitrogens with one attached hydrogen (secondary N) is 1. The van der Waals surface area contributed by atoms with Crippen molar-refractivity contribution in [2.75, 3.05) is 18.6 Å². The van der Waals surface area contributed by atoms with E-state index in [0.717, 1.165) is 17.0 Å². The summed E-state index contributed by atoms with van der Waals surface area (Å²) in [7, 11) is 1.18. The maximum absolute atomic E-state index is 13.0. The Balaban J connectivity index is 2.00. The van der Waals surface area contributed by atoms with Crippen LogP contribution in [-0.2, 0) is 19.1 Å². The first-order valence-corrected chi connectivity index (χ1v) is 6.52. The van der Waals surface area contributed by atoms with Crippen LogP contribution in [-0.4, -0.2) is 37.1 Å². The highest BCUT2D eigenvalue weighted by atomic mass is 19.1. The average Bonchev–Trinajstić information content (AvgIpc) is 3.03. The Morgan fingerprint density at radius 1 is 1.36 bits per heavy atom. The fraction of sp³-hybridized carbons (Fsp3) is 0.286. The maximum Gasteiger partial charge on any atom is 0.355 e. The topological polar surface area (TPSA) is 88.1 Å². The van der Waals surface area contributed by atoms with Crippen LogP contribution >= 0.6 is 0 Å². The van der Waals surface area contributed by atoms with Gasteiger partial charge in [0.1, 0.15) is 11.2 Å². The van der Waals surface area contributed by atoms with Gasteiger partial charge >= 0.3 is 5.97 Å². The summed E-state index contributed by atoms with van der Waals surface area (Å²) in [6, 6.07) is 4.98. The lowest BCUT2D eigenvalue weighted by Gasteiger charge is -2.21. The molecule has 3 rings (SSSR count). The smallest absolute Gasteiger partial charge is 0.355 e. The standard InChI is InChI=1S/C14H12FN3O4/c1-22-12(20)11-14(7-16-17-11)6-10(19)18(13(14)21)9-4-2-8(15)3-5-9/h2-5,16H,6-7H2,1H3/t14-/m0/s1. The number of methoxy groups -OCH3 is 1. The second-order valence-electron chi connectivity index (χ2n) is 5.06. The van der Waals surface area contributed by atoms with Gasteiger partial charge in [-0.3, -0.25) is 9.59 Å². The molecule has 1 aromatic rings. The number of hydrogen-bond donors (Lipinski definition) is 1. The lowest BCUT2D eigenvalue weighted by atomic mass is 9.81. The molecule has 0 radical (unpaired) electrons. The summed E-state index contributed by atoms with van der Waals surface area (Å²) in [5, 5.41) is 3.80. The molecule has 0 unspecified atom stereocenters. The summed E-state index contributed by atoms with van der Waals surface area (Å²) in [6.07, 6.45) is -0.190. The Morgan fingerprint density at radius 3 is 2.68 bits per heavy atom. The molecule has 1 aromatic carbocycles. The van der Waals surface area contributed by atoms with Crippen LogP contribution in [0.2, 0.25) is 0 Å². The molecule has 8 heteroatoms. The monoisotopic (exact) mass is 305 g/mol. The molecule has 2 heterocycles. The predicted octanol–water partition coefficient (Wildman–Crippen LogP) is 0.208. The van der Waals surface area contributed by atoms with Crippen LogP contribution in [0.4, 0.5) is 10.1 Å². The van der Waals surface area contributed by atoms with Crippen molar-refractivity contribution < 1.29 is 23.5 Å². The number of carbonyl (C=O) groups is 3. The van der Waals surface area contributed by atoms with E-state index in [-0.39, 0.29) is 24.4 Å². The van der Waals surface area contributed by atoms with Crippen LogP contribution in [0.15, 0.2) is 29.4 Å². The number of hydrogen-bond acceptors (Lipinski definition) is 6. The van der Waals surface area contributed by atoms with E-state index < -0.39 is 29.0 Å². The van der Waals surface area contributed by atoms with Crippen molar-refractivity contribution in [2.45, 2.75) is 6.42 Å². The van der Waals surface area contributed by atoms with Gasteiger partial charge in [0.15, 0.2) is 5.71 Å². The van der Waals surface area contributed by atoms with Gasteiger partial charge in [0, 0.05) is 6.42 Å². The third-order valence-corrected chi connectivity index (χ3v) is 3.80. The number of imide groups is 1. The normalized spacial score (nSPS) is 23.7. The fourth-order valence-corrected chi connectivity index (χ4v) is 2.70. The molecule has 2 aliphatic heterocycles. The van der Waals surface area contributed by atoms with E-state index in [2.05, 4.69) is 15.3 Å². The molecule has 0 aromatic heterocycles. The number of rotatable bonds is 2. The van der Waals surface area contributed by atoms with Gasteiger partial charge in [-0.05, 0) is 24.3 Å². The highest BCUT2D eigenvalue weighted by molar-refractivity contribution is 6.47. The third kappa shape index (κ3) is 1.87. The SMILES string of the molecule is COC(=O)C1=NNC[C@@]12CC(=O)N(c1ccc(F)cc1)C2=O. The second-order valence-corrected chi connectivity index (χ2v) is 5.06. The van der Waals surface area contributed by atoms with Gasteiger partial charge in [0.25, 0.3) is 0 Å². The summed E-state index contributed by atoms with van der Waals surface area (Å²) in [4.78, 5) is 37.7. The number of halogens is 1. The molecular formula is C14H12FN3O4. The van der Waals surface area contributed by atoms with Gasteiger partial charge in [0.2, 0.25) is 11.8 Å². The van der Waals surface area contributed by atoms with Crippen LogP contribution < -0.4 is 10.3 Å². The molecule has 22 heavy (non-hydrogen) atoms. The van der Waals surface area contributed by atoms with E-state index in [4.69, 9.17) is 0 Å². The number of amides is 2. The maximum atomic E-state index is 13.0. The number of ether oxygens (including phenoxy) is 1. The summed E-state index contributed by atoms with van der Waals surface area (Å²) in [6.45, 7) is 0.0414. The second kappa shape index (κ2) is 4.90. The van der Waals surface area contributed by atoms with Gasteiger partial charge in [0.05, 0.1) is 19.3 Å². The van der Waals surface area contributed by atoms with E-state index >= 15 is 0 Å². The number of hydrazone groups is 1. The molecule has 7 nitrogen and oxygen atoms in total. The lowest BCUT2D eigenvalue weighted by Crippen LogP contribution is -2.45. The van der Waals surface area contributed by atoms with E-state index in [1.165, 1.54) is 19.2 Å². The van der Waals surface area contributed by atoms with Crippen LogP contribution in [0.3, 0.4) is 0 Å². The molecule has 114 valence electrons. The Hall–Kier alpha value is -2.77. The summed E-state index contributed by atoms with van der Waals surface area (Å²) >= 11 is 0. The molecule has 0 saturated carbocycles. The van der Waals surface area contributed by atoms with Gasteiger partial charge in [-0.15, -0.1) is 0 Å². The minimum atomic E-state index is -1.36. The zero-order chi connectivity index (χ0) is 15.9. The molecular weight excluding hydrogens is 293 g/mol. The predicted molar refractivity (Wildman–Crippen MR) is 73.4 cm³/mol. The molecule has 2 aliphatic rings. The zero-order valence-corrected chi connectivity index (χ0v) is 11.6. The summed E-state index contributed by atoms with van der Waals surface area (Å²) < 4.78 is 17.6. The van der Waals surface area contributed by atoms with Crippen molar-refractivity contribution in [2.24, 2.45) is 10.5 Å². The van der Waals surface area contributed by atoms with Crippen molar-refractivity contribution in [3.8, 4) is 0 Å². The van der Waals surface area contributed by atoms with E-state index in [9.17, 15) is 18.8 Å². The molecule has 1 N–H and O–H groups in total. The largest absolute Gasteiger partial charge is 0.464 e. The third-order valence-electron chi connectivity index (χ3n) is 3.80. The van der Waals surface area contributed by atoms with Crippen molar-refractivity contribution in [3.05, 3.63) is 30.1 Å². The molecule has 0 aliphatic carbocycles. The van der Waals surface area contributed by atoms with E-state index in [1.807, 2.05) is 0 Å². The molecule has 1 spiro atoms. The Kier molecular flexibility index (Phi) is 3.16. The highest BCUT2D eigenvalue weighted by Crippen LogP contribution is 2.39. The van der Waals surface area contributed by atoms with Crippen molar-refractivity contribution in [3.63, 3.8) is 0 Å². The van der Waals surface area contributed by atoms with Crippen molar-refractivity contribution >= 4 is 29.2 Å². The first-order chi connectivity index (χ1) is 10.5. The Bertz CT molecular complexity index is 701. The Morgan fingerprint density at radius 2 is 2.05 bits per heavy atom. The molecule has 1 atom stereocenters. The minimum absolute atomic E-state index is 0.0414. The first kappa shape index (κ1) is 14.2. The van der Waals surface area contributed by atoms with Crippen LogP contribution in [0.1, 0.15) is 6.42 Å². The summed E-state index contributed by atoms with van der Waals surface area (Å²) in [5.74, 6) is -2.28. The van der Waals surface area contributed by atoms with Crippen molar-refractivity contribution in [1.82, 2.24) is 5.43 Å². The number of carbonyl (C=O) groups excluding carboxylic acids is 3. The number of nitrogens with zero attached hydrogens (tertiary/aromatic N) is 2. The molecule has 0 bridgehead atoms. The zero-order valence-electron chi connectivity index (χ0n) is 11.6. The number of benzene rings is 1. The molecule has 1 saturated heterocycles. The number of anilines is 1. The van der Waals surface area contributed by atoms with Gasteiger partial charge in [-0.25, -0.2) is 14.1 Å². The van der Waals surface area contributed by atoms with Gasteiger partial charge < -0.3 is 10.2 Å². The number of esters is 1. The molecule has 2 amide bonds. The Labute approximate surface area is 124 Å². The van der Waals surface area contributed by atoms with E-state index in [0.29, 0.717) is 0 Å². The molecule has 1 fully saturated rings. The fourth-order valence-electron chi connectivity index (χ4n) is 2.70. The summed E-state index contributed by atoms with van der Waals surface area (Å²) in [5.41, 5.74) is 1.36. The van der Waals surface area contributed by atoms with Gasteiger partial charge in [-0.1, -0.05) is 0 Å². The quantitative estimate of drug-likeness (QED) is 0.623.